The Kier molecular flexibility index (Phi) is 8.52. The molecule has 1 aliphatic rings. The van der Waals surface area contributed by atoms with Gasteiger partial charge in [-0.25, -0.2) is 0 Å². The van der Waals surface area contributed by atoms with Crippen molar-refractivity contribution >= 4 is 24.8 Å². The highest BCUT2D eigenvalue weighted by atomic mass is 35.5. The minimum Gasteiger partial charge on any atom is -0.312 e. The molecule has 0 aliphatic carbocycles. The van der Waals surface area contributed by atoms with Gasteiger partial charge < -0.3 is 10.2 Å². The summed E-state index contributed by atoms with van der Waals surface area (Å²) < 4.78 is 0. The van der Waals surface area contributed by atoms with Gasteiger partial charge in [-0.05, 0) is 25.0 Å². The van der Waals surface area contributed by atoms with Gasteiger partial charge in [0.15, 0.2) is 0 Å². The molecule has 1 aromatic rings. The molecular weight excluding hydrogens is 257 g/mol. The SMILES string of the molecule is CC1CN(CCc2cccnc2)CCN1.Cl.Cl. The number of piperazine rings is 1. The first kappa shape index (κ1) is 16.6. The van der Waals surface area contributed by atoms with Gasteiger partial charge in [-0.1, -0.05) is 6.07 Å². The third-order valence-electron chi connectivity index (χ3n) is 2.89. The van der Waals surface area contributed by atoms with Crippen molar-refractivity contribution in [2.75, 3.05) is 26.2 Å². The van der Waals surface area contributed by atoms with Gasteiger partial charge in [0.05, 0.1) is 0 Å². The van der Waals surface area contributed by atoms with Crippen LogP contribution in [0.15, 0.2) is 24.5 Å². The van der Waals surface area contributed by atoms with Crippen molar-refractivity contribution in [3.05, 3.63) is 30.1 Å². The van der Waals surface area contributed by atoms with Gasteiger partial charge in [-0.3, -0.25) is 4.98 Å². The third-order valence-corrected chi connectivity index (χ3v) is 2.89. The normalized spacial score (nSPS) is 20.2. The Bertz CT molecular complexity index is 295. The largest absolute Gasteiger partial charge is 0.312 e. The standard InChI is InChI=1S/C12H19N3.2ClH/c1-11-10-15(8-6-14-11)7-4-12-3-2-5-13-9-12;;/h2-3,5,9,11,14H,4,6-8,10H2,1H3;2*1H. The molecule has 1 fully saturated rings. The lowest BCUT2D eigenvalue weighted by atomic mass is 10.2. The van der Waals surface area contributed by atoms with E-state index in [1.807, 2.05) is 18.5 Å². The molecule has 3 nitrogen and oxygen atoms in total. The first-order valence-corrected chi connectivity index (χ1v) is 5.69. The van der Waals surface area contributed by atoms with E-state index in [1.54, 1.807) is 0 Å². The second-order valence-electron chi connectivity index (χ2n) is 4.27. The maximum absolute atomic E-state index is 4.13. The van der Waals surface area contributed by atoms with E-state index in [0.717, 1.165) is 19.5 Å². The van der Waals surface area contributed by atoms with Gasteiger partial charge in [0.2, 0.25) is 0 Å². The average Bonchev–Trinajstić information content (AvgIpc) is 2.28. The quantitative estimate of drug-likeness (QED) is 0.913. The van der Waals surface area contributed by atoms with Crippen LogP contribution in [-0.2, 0) is 6.42 Å². The molecule has 0 amide bonds. The second kappa shape index (κ2) is 8.70. The van der Waals surface area contributed by atoms with Crippen LogP contribution in [0.25, 0.3) is 0 Å². The van der Waals surface area contributed by atoms with E-state index in [2.05, 4.69) is 28.2 Å². The summed E-state index contributed by atoms with van der Waals surface area (Å²) in [6.07, 6.45) is 4.91. The zero-order valence-corrected chi connectivity index (χ0v) is 11.8. The highest BCUT2D eigenvalue weighted by Gasteiger charge is 2.14. The first-order valence-electron chi connectivity index (χ1n) is 5.69. The minimum atomic E-state index is 0. The van der Waals surface area contributed by atoms with E-state index in [9.17, 15) is 0 Å². The van der Waals surface area contributed by atoms with Crippen LogP contribution in [0.4, 0.5) is 0 Å². The smallest absolute Gasteiger partial charge is 0.0300 e. The van der Waals surface area contributed by atoms with Gasteiger partial charge in [-0.2, -0.15) is 0 Å². The molecule has 2 heterocycles. The zero-order valence-electron chi connectivity index (χ0n) is 10.1. The molecule has 1 saturated heterocycles. The van der Waals surface area contributed by atoms with Gasteiger partial charge in [0.25, 0.3) is 0 Å². The van der Waals surface area contributed by atoms with E-state index >= 15 is 0 Å². The number of nitrogens with zero attached hydrogens (tertiary/aromatic N) is 2. The summed E-state index contributed by atoms with van der Waals surface area (Å²) in [6.45, 7) is 6.85. The van der Waals surface area contributed by atoms with Crippen LogP contribution < -0.4 is 5.32 Å². The molecule has 0 aromatic carbocycles. The van der Waals surface area contributed by atoms with Crippen LogP contribution in [-0.4, -0.2) is 42.1 Å². The van der Waals surface area contributed by atoms with E-state index in [1.165, 1.54) is 18.7 Å². The minimum absolute atomic E-state index is 0. The van der Waals surface area contributed by atoms with Crippen LogP contribution >= 0.6 is 24.8 Å². The molecule has 0 saturated carbocycles. The van der Waals surface area contributed by atoms with E-state index in [-0.39, 0.29) is 24.8 Å². The summed E-state index contributed by atoms with van der Waals surface area (Å²) in [5.74, 6) is 0. The van der Waals surface area contributed by atoms with Crippen LogP contribution in [0, 0.1) is 0 Å². The van der Waals surface area contributed by atoms with Gasteiger partial charge in [0, 0.05) is 44.6 Å². The van der Waals surface area contributed by atoms with Gasteiger partial charge in [-0.15, -0.1) is 24.8 Å². The van der Waals surface area contributed by atoms with Crippen LogP contribution in [0.3, 0.4) is 0 Å². The monoisotopic (exact) mass is 277 g/mol. The molecule has 0 spiro atoms. The maximum Gasteiger partial charge on any atom is 0.0300 e. The predicted molar refractivity (Wildman–Crippen MR) is 76.3 cm³/mol. The van der Waals surface area contributed by atoms with Gasteiger partial charge >= 0.3 is 0 Å². The van der Waals surface area contributed by atoms with E-state index in [0.29, 0.717) is 6.04 Å². The summed E-state index contributed by atoms with van der Waals surface area (Å²) in [4.78, 5) is 6.65. The summed E-state index contributed by atoms with van der Waals surface area (Å²) in [7, 11) is 0. The highest BCUT2D eigenvalue weighted by Crippen LogP contribution is 2.02. The van der Waals surface area contributed by atoms with Crippen LogP contribution in [0.5, 0.6) is 0 Å². The Morgan fingerprint density at radius 1 is 1.47 bits per heavy atom. The van der Waals surface area contributed by atoms with E-state index < -0.39 is 0 Å². The van der Waals surface area contributed by atoms with E-state index in [4.69, 9.17) is 0 Å². The Morgan fingerprint density at radius 2 is 2.29 bits per heavy atom. The topological polar surface area (TPSA) is 28.2 Å². The molecule has 0 radical (unpaired) electrons. The Balaban J connectivity index is 0.00000128. The average molecular weight is 278 g/mol. The molecule has 1 aliphatic heterocycles. The Labute approximate surface area is 116 Å². The molecule has 1 N–H and O–H groups in total. The third kappa shape index (κ3) is 5.68. The number of halogens is 2. The van der Waals surface area contributed by atoms with Crippen molar-refractivity contribution in [2.45, 2.75) is 19.4 Å². The predicted octanol–water partition coefficient (Wildman–Crippen LogP) is 1.76. The second-order valence-corrected chi connectivity index (χ2v) is 4.27. The first-order chi connectivity index (χ1) is 7.34. The summed E-state index contributed by atoms with van der Waals surface area (Å²) in [5.41, 5.74) is 1.34. The Morgan fingerprint density at radius 3 is 2.94 bits per heavy atom. The summed E-state index contributed by atoms with van der Waals surface area (Å²) >= 11 is 0. The number of hydrogen-bond acceptors (Lipinski definition) is 3. The lowest BCUT2D eigenvalue weighted by molar-refractivity contribution is 0.209. The fraction of sp³-hybridized carbons (Fsp3) is 0.583. The van der Waals surface area contributed by atoms with Crippen LogP contribution in [0.1, 0.15) is 12.5 Å². The molecule has 17 heavy (non-hydrogen) atoms. The van der Waals surface area contributed by atoms with Crippen molar-refractivity contribution in [1.29, 1.82) is 0 Å². The van der Waals surface area contributed by atoms with Crippen molar-refractivity contribution in [1.82, 2.24) is 15.2 Å². The molecule has 5 heteroatoms. The van der Waals surface area contributed by atoms with Crippen molar-refractivity contribution in [3.8, 4) is 0 Å². The molecule has 98 valence electrons. The fourth-order valence-corrected chi connectivity index (χ4v) is 2.05. The lowest BCUT2D eigenvalue weighted by Crippen LogP contribution is -2.49. The molecule has 1 aromatic heterocycles. The number of rotatable bonds is 3. The van der Waals surface area contributed by atoms with Crippen LogP contribution in [0.2, 0.25) is 0 Å². The maximum atomic E-state index is 4.13. The highest BCUT2D eigenvalue weighted by molar-refractivity contribution is 5.85. The number of hydrogen-bond donors (Lipinski definition) is 1. The fourth-order valence-electron chi connectivity index (χ4n) is 2.05. The molecular formula is C12H21Cl2N3. The molecule has 2 rings (SSSR count). The van der Waals surface area contributed by atoms with Crippen molar-refractivity contribution in [2.24, 2.45) is 0 Å². The lowest BCUT2D eigenvalue weighted by Gasteiger charge is -2.31. The van der Waals surface area contributed by atoms with Crippen molar-refractivity contribution in [3.63, 3.8) is 0 Å². The molecule has 0 bridgehead atoms. The Hall–Kier alpha value is -0.350. The number of pyridine rings is 1. The number of nitrogens with one attached hydrogen (secondary N) is 1. The summed E-state index contributed by atoms with van der Waals surface area (Å²) in [6, 6.07) is 4.79. The summed E-state index contributed by atoms with van der Waals surface area (Å²) in [5, 5.41) is 3.46. The zero-order chi connectivity index (χ0) is 10.5. The van der Waals surface area contributed by atoms with Gasteiger partial charge in [0.1, 0.15) is 0 Å². The molecule has 1 unspecified atom stereocenters. The van der Waals surface area contributed by atoms with Crippen molar-refractivity contribution < 1.29 is 0 Å². The molecule has 1 atom stereocenters. The number of aromatic nitrogens is 1.